The van der Waals surface area contributed by atoms with Crippen molar-refractivity contribution in [2.75, 3.05) is 6.61 Å². The van der Waals surface area contributed by atoms with E-state index in [1.807, 2.05) is 0 Å². The first-order chi connectivity index (χ1) is 7.37. The van der Waals surface area contributed by atoms with Crippen LogP contribution < -0.4 is 5.48 Å². The smallest absolute Gasteiger partial charge is 0.292 e. The van der Waals surface area contributed by atoms with Gasteiger partial charge in [0.15, 0.2) is 6.61 Å². The van der Waals surface area contributed by atoms with Gasteiger partial charge in [0.05, 0.1) is 0 Å². The fraction of sp³-hybridized carbons (Fsp3) is 0.333. The van der Waals surface area contributed by atoms with Gasteiger partial charge in [-0.3, -0.25) is 4.84 Å². The van der Waals surface area contributed by atoms with E-state index in [1.54, 1.807) is 0 Å². The maximum Gasteiger partial charge on any atom is 0.413 e. The van der Waals surface area contributed by atoms with Crippen molar-refractivity contribution in [2.45, 2.75) is 12.7 Å². The van der Waals surface area contributed by atoms with Crippen LogP contribution in [0, 0.1) is 5.82 Å². The van der Waals surface area contributed by atoms with Gasteiger partial charge in [0.1, 0.15) is 5.82 Å². The van der Waals surface area contributed by atoms with Crippen molar-refractivity contribution in [1.82, 2.24) is 5.48 Å². The van der Waals surface area contributed by atoms with Gasteiger partial charge in [0.2, 0.25) is 0 Å². The second-order valence-electron chi connectivity index (χ2n) is 3.00. The molecule has 0 aliphatic carbocycles. The molecule has 0 saturated heterocycles. The largest absolute Gasteiger partial charge is 0.413 e. The van der Waals surface area contributed by atoms with E-state index in [9.17, 15) is 17.6 Å². The average molecular weight is 258 g/mol. The van der Waals surface area contributed by atoms with E-state index in [-0.39, 0.29) is 11.6 Å². The zero-order chi connectivity index (χ0) is 12.2. The van der Waals surface area contributed by atoms with Gasteiger partial charge >= 0.3 is 6.18 Å². The Balaban J connectivity index is 2.37. The van der Waals surface area contributed by atoms with Crippen LogP contribution in [0.5, 0.6) is 0 Å². The number of hydrogen-bond acceptors (Lipinski definition) is 2. The molecule has 0 atom stereocenters. The number of hydroxylamine groups is 1. The zero-order valence-corrected chi connectivity index (χ0v) is 8.70. The highest BCUT2D eigenvalue weighted by Gasteiger charge is 2.27. The van der Waals surface area contributed by atoms with Gasteiger partial charge in [-0.2, -0.15) is 18.7 Å². The van der Waals surface area contributed by atoms with Crippen molar-refractivity contribution in [2.24, 2.45) is 0 Å². The van der Waals surface area contributed by atoms with E-state index in [4.69, 9.17) is 11.6 Å². The molecule has 0 radical (unpaired) electrons. The van der Waals surface area contributed by atoms with Crippen molar-refractivity contribution in [3.8, 4) is 0 Å². The lowest BCUT2D eigenvalue weighted by Crippen LogP contribution is -2.24. The third-order valence-corrected chi connectivity index (χ3v) is 1.75. The van der Waals surface area contributed by atoms with E-state index < -0.39 is 18.6 Å². The summed E-state index contributed by atoms with van der Waals surface area (Å²) >= 11 is 5.55. The molecule has 1 rings (SSSR count). The van der Waals surface area contributed by atoms with Crippen LogP contribution in [-0.2, 0) is 11.4 Å². The van der Waals surface area contributed by atoms with Gasteiger partial charge in [-0.1, -0.05) is 11.6 Å². The second-order valence-corrected chi connectivity index (χ2v) is 3.44. The Bertz CT molecular complexity index is 336. The number of benzene rings is 1. The summed E-state index contributed by atoms with van der Waals surface area (Å²) in [4.78, 5) is 4.14. The van der Waals surface area contributed by atoms with Gasteiger partial charge in [-0.15, -0.1) is 0 Å². The Hall–Kier alpha value is -0.850. The molecular formula is C9H8ClF4NO. The molecule has 16 heavy (non-hydrogen) atoms. The van der Waals surface area contributed by atoms with Gasteiger partial charge < -0.3 is 0 Å². The molecule has 0 fully saturated rings. The number of alkyl halides is 3. The summed E-state index contributed by atoms with van der Waals surface area (Å²) in [6.45, 7) is -1.47. The molecule has 0 bridgehead atoms. The van der Waals surface area contributed by atoms with Crippen molar-refractivity contribution in [3.63, 3.8) is 0 Å². The lowest BCUT2D eigenvalue weighted by Gasteiger charge is -2.08. The topological polar surface area (TPSA) is 21.3 Å². The maximum atomic E-state index is 12.8. The average Bonchev–Trinajstić information content (AvgIpc) is 2.09. The zero-order valence-electron chi connectivity index (χ0n) is 7.94. The van der Waals surface area contributed by atoms with Crippen LogP contribution in [0.15, 0.2) is 18.2 Å². The molecule has 0 heterocycles. The van der Waals surface area contributed by atoms with Crippen molar-refractivity contribution >= 4 is 11.6 Å². The molecule has 0 saturated carbocycles. The quantitative estimate of drug-likeness (QED) is 0.508. The molecule has 7 heteroatoms. The summed E-state index contributed by atoms with van der Waals surface area (Å²) in [5.74, 6) is -0.555. The van der Waals surface area contributed by atoms with E-state index >= 15 is 0 Å². The molecule has 1 aromatic rings. The molecule has 0 aliphatic rings. The first-order valence-corrected chi connectivity index (χ1v) is 4.61. The predicted molar refractivity (Wildman–Crippen MR) is 50.3 cm³/mol. The van der Waals surface area contributed by atoms with Crippen molar-refractivity contribution in [1.29, 1.82) is 0 Å². The van der Waals surface area contributed by atoms with Crippen LogP contribution in [0.25, 0.3) is 0 Å². The predicted octanol–water partition coefficient (Wildman–Crippen LogP) is 3.06. The SMILES string of the molecule is Fc1cc(Cl)cc(CNOCC(F)(F)F)c1. The standard InChI is InChI=1S/C9H8ClF4NO/c10-7-1-6(2-8(11)3-7)4-15-16-5-9(12,13)14/h1-3,15H,4-5H2. The second kappa shape index (κ2) is 5.47. The third kappa shape index (κ3) is 5.29. The number of rotatable bonds is 4. The van der Waals surface area contributed by atoms with Crippen LogP contribution in [0.4, 0.5) is 17.6 Å². The minimum Gasteiger partial charge on any atom is -0.292 e. The molecule has 0 amide bonds. The summed E-state index contributed by atoms with van der Waals surface area (Å²) in [6, 6.07) is 3.67. The first-order valence-electron chi connectivity index (χ1n) is 4.23. The highest BCUT2D eigenvalue weighted by Crippen LogP contribution is 2.15. The third-order valence-electron chi connectivity index (χ3n) is 1.54. The molecule has 90 valence electrons. The van der Waals surface area contributed by atoms with Crippen molar-refractivity contribution in [3.05, 3.63) is 34.6 Å². The number of hydrogen-bond donors (Lipinski definition) is 1. The van der Waals surface area contributed by atoms with Crippen molar-refractivity contribution < 1.29 is 22.4 Å². The Morgan fingerprint density at radius 2 is 1.94 bits per heavy atom. The lowest BCUT2D eigenvalue weighted by molar-refractivity contribution is -0.190. The molecule has 2 nitrogen and oxygen atoms in total. The number of halogens is 5. The monoisotopic (exact) mass is 257 g/mol. The molecule has 1 aromatic carbocycles. The van der Waals surface area contributed by atoms with Crippen LogP contribution in [-0.4, -0.2) is 12.8 Å². The molecule has 1 N–H and O–H groups in total. The Kier molecular flexibility index (Phi) is 4.52. The van der Waals surface area contributed by atoms with Crippen LogP contribution >= 0.6 is 11.6 Å². The van der Waals surface area contributed by atoms with E-state index in [0.29, 0.717) is 5.56 Å². The van der Waals surface area contributed by atoms with Crippen LogP contribution in [0.2, 0.25) is 5.02 Å². The Labute approximate surface area is 94.1 Å². The summed E-state index contributed by atoms with van der Waals surface area (Å²) in [5.41, 5.74) is 2.46. The van der Waals surface area contributed by atoms with Crippen LogP contribution in [0.1, 0.15) is 5.56 Å². The molecule has 0 spiro atoms. The van der Waals surface area contributed by atoms with Gasteiger partial charge in [0, 0.05) is 11.6 Å². The molecule has 0 unspecified atom stereocenters. The maximum absolute atomic E-state index is 12.8. The fourth-order valence-electron chi connectivity index (χ4n) is 0.980. The summed E-state index contributed by atoms with van der Waals surface area (Å²) in [5, 5.41) is 0.174. The Morgan fingerprint density at radius 1 is 1.25 bits per heavy atom. The minimum atomic E-state index is -4.40. The normalized spacial score (nSPS) is 11.8. The van der Waals surface area contributed by atoms with Gasteiger partial charge in [0.25, 0.3) is 0 Å². The van der Waals surface area contributed by atoms with Gasteiger partial charge in [-0.25, -0.2) is 4.39 Å². The first kappa shape index (κ1) is 13.2. The van der Waals surface area contributed by atoms with E-state index in [2.05, 4.69) is 10.3 Å². The van der Waals surface area contributed by atoms with Crippen LogP contribution in [0.3, 0.4) is 0 Å². The number of nitrogens with one attached hydrogen (secondary N) is 1. The lowest BCUT2D eigenvalue weighted by atomic mass is 10.2. The minimum absolute atomic E-state index is 0.0619. The fourth-order valence-corrected chi connectivity index (χ4v) is 1.22. The highest BCUT2D eigenvalue weighted by molar-refractivity contribution is 6.30. The van der Waals surface area contributed by atoms with E-state index in [0.717, 1.165) is 12.1 Å². The Morgan fingerprint density at radius 3 is 2.50 bits per heavy atom. The summed E-state index contributed by atoms with van der Waals surface area (Å²) < 4.78 is 47.8. The molecular weight excluding hydrogens is 250 g/mol. The highest BCUT2D eigenvalue weighted by atomic mass is 35.5. The van der Waals surface area contributed by atoms with E-state index in [1.165, 1.54) is 6.07 Å². The van der Waals surface area contributed by atoms with Gasteiger partial charge in [-0.05, 0) is 23.8 Å². The molecule has 0 aliphatic heterocycles. The molecule has 0 aromatic heterocycles. The summed E-state index contributed by atoms with van der Waals surface area (Å²) in [6.07, 6.45) is -4.40. The summed E-state index contributed by atoms with van der Waals surface area (Å²) in [7, 11) is 0.